The molecule has 0 saturated carbocycles. The van der Waals surface area contributed by atoms with E-state index in [1.54, 1.807) is 0 Å². The highest BCUT2D eigenvalue weighted by atomic mass is 79.9. The molecule has 0 aromatic heterocycles. The van der Waals surface area contributed by atoms with Crippen molar-refractivity contribution in [2.45, 2.75) is 18.9 Å². The summed E-state index contributed by atoms with van der Waals surface area (Å²) < 4.78 is 6.83. The number of hydrogen-bond acceptors (Lipinski definition) is 3. The Balaban J connectivity index is 2.18. The third kappa shape index (κ3) is 2.18. The van der Waals surface area contributed by atoms with Crippen LogP contribution in [0, 0.1) is 0 Å². The van der Waals surface area contributed by atoms with Gasteiger partial charge in [0.05, 0.1) is 16.2 Å². The molecule has 1 atom stereocenters. The van der Waals surface area contributed by atoms with Crippen LogP contribution in [0.4, 0.5) is 5.69 Å². The van der Waals surface area contributed by atoms with Gasteiger partial charge in [-0.05, 0) is 47.4 Å². The number of nitrogens with two attached hydrogens (primary N) is 1. The average molecular weight is 285 g/mol. The van der Waals surface area contributed by atoms with E-state index in [0.29, 0.717) is 6.04 Å². The largest absolute Gasteiger partial charge is 0.488 e. The topological polar surface area (TPSA) is 38.5 Å². The molecule has 0 spiro atoms. The molecular formula is C12H17BrN2O. The van der Waals surface area contributed by atoms with Gasteiger partial charge in [-0.25, -0.2) is 0 Å². The molecule has 0 bridgehead atoms. The number of hydrogen-bond donors (Lipinski definition) is 1. The molecule has 4 heteroatoms. The van der Waals surface area contributed by atoms with Crippen molar-refractivity contribution < 1.29 is 4.74 Å². The molecular weight excluding hydrogens is 268 g/mol. The van der Waals surface area contributed by atoms with E-state index in [9.17, 15) is 0 Å². The first-order valence-electron chi connectivity index (χ1n) is 5.58. The van der Waals surface area contributed by atoms with E-state index in [0.717, 1.165) is 41.9 Å². The standard InChI is InChI=1S/C12H17BrN2O/c1-15-9(4-3-7-14)8-16-12-10(13)5-2-6-11(12)15/h2,5-6,9H,3-4,7-8,14H2,1H3. The number of rotatable bonds is 3. The maximum absolute atomic E-state index is 5.80. The molecule has 1 unspecified atom stereocenters. The van der Waals surface area contributed by atoms with Crippen LogP contribution in [0.25, 0.3) is 0 Å². The summed E-state index contributed by atoms with van der Waals surface area (Å²) in [6, 6.07) is 6.57. The zero-order chi connectivity index (χ0) is 11.5. The summed E-state index contributed by atoms with van der Waals surface area (Å²) in [6.45, 7) is 1.49. The number of para-hydroxylation sites is 1. The molecule has 1 aromatic carbocycles. The molecule has 1 aliphatic heterocycles. The zero-order valence-corrected chi connectivity index (χ0v) is 11.0. The van der Waals surface area contributed by atoms with Gasteiger partial charge in [0.25, 0.3) is 0 Å². The summed E-state index contributed by atoms with van der Waals surface area (Å²) in [6.07, 6.45) is 2.13. The first-order chi connectivity index (χ1) is 7.74. The van der Waals surface area contributed by atoms with Crippen molar-refractivity contribution >= 4 is 21.6 Å². The van der Waals surface area contributed by atoms with E-state index in [4.69, 9.17) is 10.5 Å². The third-order valence-corrected chi connectivity index (χ3v) is 3.66. The number of ether oxygens (including phenoxy) is 1. The van der Waals surface area contributed by atoms with E-state index < -0.39 is 0 Å². The Morgan fingerprint density at radius 2 is 2.38 bits per heavy atom. The Kier molecular flexibility index (Phi) is 3.71. The predicted octanol–water partition coefficient (Wildman–Crippen LogP) is 2.39. The lowest BCUT2D eigenvalue weighted by Crippen LogP contribution is -2.40. The van der Waals surface area contributed by atoms with Gasteiger partial charge < -0.3 is 15.4 Å². The number of fused-ring (bicyclic) bond motifs is 1. The van der Waals surface area contributed by atoms with Crippen LogP contribution in [-0.2, 0) is 0 Å². The predicted molar refractivity (Wildman–Crippen MR) is 70.1 cm³/mol. The minimum Gasteiger partial charge on any atom is -0.488 e. The van der Waals surface area contributed by atoms with Gasteiger partial charge in [-0.15, -0.1) is 0 Å². The third-order valence-electron chi connectivity index (χ3n) is 3.04. The van der Waals surface area contributed by atoms with Crippen molar-refractivity contribution in [3.05, 3.63) is 22.7 Å². The number of benzene rings is 1. The van der Waals surface area contributed by atoms with Crippen molar-refractivity contribution in [3.63, 3.8) is 0 Å². The molecule has 1 aromatic rings. The summed E-state index contributed by atoms with van der Waals surface area (Å²) in [5, 5.41) is 0. The summed E-state index contributed by atoms with van der Waals surface area (Å²) >= 11 is 3.51. The lowest BCUT2D eigenvalue weighted by Gasteiger charge is -2.36. The summed E-state index contributed by atoms with van der Waals surface area (Å²) in [5.41, 5.74) is 6.70. The van der Waals surface area contributed by atoms with Gasteiger partial charge in [-0.3, -0.25) is 0 Å². The fraction of sp³-hybridized carbons (Fsp3) is 0.500. The Labute approximate surface area is 105 Å². The molecule has 2 rings (SSSR count). The second kappa shape index (κ2) is 5.06. The van der Waals surface area contributed by atoms with Crippen LogP contribution < -0.4 is 15.4 Å². The minimum atomic E-state index is 0.436. The highest BCUT2D eigenvalue weighted by Crippen LogP contribution is 2.39. The van der Waals surface area contributed by atoms with Crippen molar-refractivity contribution in [2.24, 2.45) is 5.73 Å². The number of halogens is 1. The van der Waals surface area contributed by atoms with Gasteiger partial charge >= 0.3 is 0 Å². The summed E-state index contributed by atoms with van der Waals surface area (Å²) in [4.78, 5) is 2.29. The molecule has 1 heterocycles. The van der Waals surface area contributed by atoms with Crippen LogP contribution in [0.15, 0.2) is 22.7 Å². The molecule has 88 valence electrons. The van der Waals surface area contributed by atoms with Crippen molar-refractivity contribution in [1.82, 2.24) is 0 Å². The van der Waals surface area contributed by atoms with Crippen molar-refractivity contribution in [3.8, 4) is 5.75 Å². The van der Waals surface area contributed by atoms with E-state index in [1.807, 2.05) is 12.1 Å². The van der Waals surface area contributed by atoms with Crippen molar-refractivity contribution in [2.75, 3.05) is 25.1 Å². The van der Waals surface area contributed by atoms with Crippen LogP contribution in [0.2, 0.25) is 0 Å². The Bertz CT molecular complexity index is 370. The van der Waals surface area contributed by atoms with E-state index in [1.165, 1.54) is 0 Å². The summed E-state index contributed by atoms with van der Waals surface area (Å²) in [5.74, 6) is 0.953. The monoisotopic (exact) mass is 284 g/mol. The van der Waals surface area contributed by atoms with Crippen molar-refractivity contribution in [1.29, 1.82) is 0 Å². The van der Waals surface area contributed by atoms with Gasteiger partial charge in [-0.1, -0.05) is 6.07 Å². The van der Waals surface area contributed by atoms with Gasteiger partial charge in [-0.2, -0.15) is 0 Å². The Morgan fingerprint density at radius 3 is 3.12 bits per heavy atom. The highest BCUT2D eigenvalue weighted by molar-refractivity contribution is 9.10. The fourth-order valence-corrected chi connectivity index (χ4v) is 2.51. The Morgan fingerprint density at radius 1 is 1.56 bits per heavy atom. The van der Waals surface area contributed by atoms with E-state index in [-0.39, 0.29) is 0 Å². The Hall–Kier alpha value is -0.740. The summed E-state index contributed by atoms with van der Waals surface area (Å²) in [7, 11) is 2.12. The lowest BCUT2D eigenvalue weighted by molar-refractivity contribution is 0.257. The van der Waals surface area contributed by atoms with Gasteiger partial charge in [0.1, 0.15) is 6.61 Å². The van der Waals surface area contributed by atoms with Crippen LogP contribution in [0.5, 0.6) is 5.75 Å². The second-order valence-corrected chi connectivity index (χ2v) is 4.95. The molecule has 0 fully saturated rings. The molecule has 0 radical (unpaired) electrons. The van der Waals surface area contributed by atoms with E-state index >= 15 is 0 Å². The second-order valence-electron chi connectivity index (χ2n) is 4.09. The van der Waals surface area contributed by atoms with Crippen LogP contribution in [0.1, 0.15) is 12.8 Å². The smallest absolute Gasteiger partial charge is 0.156 e. The number of anilines is 1. The van der Waals surface area contributed by atoms with Crippen LogP contribution in [-0.4, -0.2) is 26.2 Å². The minimum absolute atomic E-state index is 0.436. The maximum Gasteiger partial charge on any atom is 0.156 e. The molecule has 0 amide bonds. The lowest BCUT2D eigenvalue weighted by atomic mass is 10.1. The molecule has 2 N–H and O–H groups in total. The maximum atomic E-state index is 5.80. The first kappa shape index (κ1) is 11.7. The van der Waals surface area contributed by atoms with Crippen LogP contribution >= 0.6 is 15.9 Å². The average Bonchev–Trinajstić information content (AvgIpc) is 2.29. The first-order valence-corrected chi connectivity index (χ1v) is 6.37. The quantitative estimate of drug-likeness (QED) is 0.926. The molecule has 0 aliphatic carbocycles. The van der Waals surface area contributed by atoms with Gasteiger partial charge in [0.15, 0.2) is 5.75 Å². The SMILES string of the molecule is CN1c2cccc(Br)c2OCC1CCCN. The molecule has 1 aliphatic rings. The normalized spacial score (nSPS) is 19.2. The fourth-order valence-electron chi connectivity index (χ4n) is 2.04. The highest BCUT2D eigenvalue weighted by Gasteiger charge is 2.25. The van der Waals surface area contributed by atoms with Gasteiger partial charge in [0.2, 0.25) is 0 Å². The zero-order valence-electron chi connectivity index (χ0n) is 9.45. The molecule has 16 heavy (non-hydrogen) atoms. The number of nitrogens with zero attached hydrogens (tertiary/aromatic N) is 1. The molecule has 3 nitrogen and oxygen atoms in total. The van der Waals surface area contributed by atoms with E-state index in [2.05, 4.69) is 33.9 Å². The van der Waals surface area contributed by atoms with Crippen LogP contribution in [0.3, 0.4) is 0 Å². The molecule has 0 saturated heterocycles. The van der Waals surface area contributed by atoms with Gasteiger partial charge in [0, 0.05) is 7.05 Å². The number of likely N-dealkylation sites (N-methyl/N-ethyl adjacent to an activating group) is 1.